The number of halogens is 2. The van der Waals surface area contributed by atoms with E-state index in [0.717, 1.165) is 14.6 Å². The van der Waals surface area contributed by atoms with Crippen molar-refractivity contribution in [3.8, 4) is 0 Å². The molecule has 0 atom stereocenters. The van der Waals surface area contributed by atoms with Gasteiger partial charge in [-0.25, -0.2) is 4.99 Å². The molecule has 0 spiro atoms. The number of hydrogen-bond donors (Lipinski definition) is 2. The average molecular weight is 336 g/mol. The lowest BCUT2D eigenvalue weighted by Crippen LogP contribution is -2.01. The van der Waals surface area contributed by atoms with Gasteiger partial charge in [-0.1, -0.05) is 13.8 Å². The fourth-order valence-electron chi connectivity index (χ4n) is 1.14. The molecule has 0 aliphatic rings. The molecule has 0 heterocycles. The van der Waals surface area contributed by atoms with Crippen LogP contribution in [0.3, 0.4) is 0 Å². The van der Waals surface area contributed by atoms with Crippen LogP contribution in [-0.2, 0) is 0 Å². The van der Waals surface area contributed by atoms with E-state index in [9.17, 15) is 0 Å². The van der Waals surface area contributed by atoms with Gasteiger partial charge in [-0.05, 0) is 55.5 Å². The van der Waals surface area contributed by atoms with Gasteiger partial charge in [0, 0.05) is 8.95 Å². The first-order valence-electron chi connectivity index (χ1n) is 4.47. The summed E-state index contributed by atoms with van der Waals surface area (Å²) in [5.74, 6) is 0.464. The maximum absolute atomic E-state index is 8.42. The quantitative estimate of drug-likeness (QED) is 0.498. The number of nitrogens with zero attached hydrogens (tertiary/aromatic N) is 1. The minimum Gasteiger partial charge on any atom is -0.290 e. The molecule has 0 fully saturated rings. The second-order valence-corrected chi connectivity index (χ2v) is 5.08. The van der Waals surface area contributed by atoms with Gasteiger partial charge in [-0.3, -0.25) is 10.7 Å². The first-order valence-corrected chi connectivity index (χ1v) is 6.06. The SMILES string of the molecule is CC(C)c1cc(Br)c(N=CNO)c(Br)c1. The van der Waals surface area contributed by atoms with E-state index in [0.29, 0.717) is 5.92 Å². The van der Waals surface area contributed by atoms with Crippen LogP contribution in [0.5, 0.6) is 0 Å². The Morgan fingerprint density at radius 2 is 1.87 bits per heavy atom. The van der Waals surface area contributed by atoms with Crippen LogP contribution < -0.4 is 5.48 Å². The van der Waals surface area contributed by atoms with Crippen LogP contribution in [0.2, 0.25) is 0 Å². The molecule has 0 unspecified atom stereocenters. The van der Waals surface area contributed by atoms with Gasteiger partial charge in [-0.2, -0.15) is 0 Å². The minimum atomic E-state index is 0.464. The topological polar surface area (TPSA) is 44.6 Å². The van der Waals surface area contributed by atoms with Crippen LogP contribution in [0.4, 0.5) is 5.69 Å². The zero-order valence-corrected chi connectivity index (χ0v) is 11.6. The molecule has 2 N–H and O–H groups in total. The van der Waals surface area contributed by atoms with E-state index in [4.69, 9.17) is 5.21 Å². The number of rotatable bonds is 3. The fourth-order valence-corrected chi connectivity index (χ4v) is 2.56. The third-order valence-corrected chi connectivity index (χ3v) is 3.17. The van der Waals surface area contributed by atoms with Crippen molar-refractivity contribution in [1.29, 1.82) is 0 Å². The molecule has 0 aromatic heterocycles. The zero-order chi connectivity index (χ0) is 11.4. The molecule has 1 aromatic carbocycles. The second kappa shape index (κ2) is 5.63. The molecule has 0 aliphatic heterocycles. The van der Waals surface area contributed by atoms with Gasteiger partial charge in [0.1, 0.15) is 6.34 Å². The Bertz CT molecular complexity index is 355. The maximum atomic E-state index is 8.42. The normalized spacial score (nSPS) is 11.3. The van der Waals surface area contributed by atoms with Crippen LogP contribution in [0, 0.1) is 0 Å². The van der Waals surface area contributed by atoms with E-state index < -0.39 is 0 Å². The van der Waals surface area contributed by atoms with E-state index in [2.05, 4.69) is 50.7 Å². The maximum Gasteiger partial charge on any atom is 0.113 e. The van der Waals surface area contributed by atoms with E-state index in [1.165, 1.54) is 11.9 Å². The predicted molar refractivity (Wildman–Crippen MR) is 69.0 cm³/mol. The molecule has 0 aliphatic carbocycles. The van der Waals surface area contributed by atoms with Crippen LogP contribution in [-0.4, -0.2) is 11.5 Å². The summed E-state index contributed by atoms with van der Waals surface area (Å²) in [7, 11) is 0. The van der Waals surface area contributed by atoms with Crippen molar-refractivity contribution in [2.75, 3.05) is 0 Å². The first kappa shape index (κ1) is 12.7. The van der Waals surface area contributed by atoms with E-state index in [-0.39, 0.29) is 0 Å². The number of hydrogen-bond acceptors (Lipinski definition) is 2. The monoisotopic (exact) mass is 334 g/mol. The summed E-state index contributed by atoms with van der Waals surface area (Å²) in [5, 5.41) is 8.42. The lowest BCUT2D eigenvalue weighted by Gasteiger charge is -2.09. The summed E-state index contributed by atoms with van der Waals surface area (Å²) in [6.07, 6.45) is 1.22. The first-order chi connectivity index (χ1) is 7.06. The van der Waals surface area contributed by atoms with Gasteiger partial charge in [-0.15, -0.1) is 0 Å². The Morgan fingerprint density at radius 3 is 2.27 bits per heavy atom. The van der Waals surface area contributed by atoms with Crippen LogP contribution in [0.1, 0.15) is 25.3 Å². The standard InChI is InChI=1S/C10H12Br2N2O/c1-6(2)7-3-8(11)10(9(12)4-7)13-5-14-15/h3-6,15H,1-2H3,(H,13,14). The zero-order valence-electron chi connectivity index (χ0n) is 8.46. The fraction of sp³-hybridized carbons (Fsp3) is 0.300. The van der Waals surface area contributed by atoms with Gasteiger partial charge in [0.2, 0.25) is 0 Å². The summed E-state index contributed by atoms with van der Waals surface area (Å²) in [4.78, 5) is 4.04. The van der Waals surface area contributed by atoms with Gasteiger partial charge < -0.3 is 0 Å². The molecule has 0 radical (unpaired) electrons. The summed E-state index contributed by atoms with van der Waals surface area (Å²) < 4.78 is 1.79. The Labute approximate surface area is 106 Å². The van der Waals surface area contributed by atoms with Gasteiger partial charge >= 0.3 is 0 Å². The molecular weight excluding hydrogens is 324 g/mol. The van der Waals surface area contributed by atoms with Crippen molar-refractivity contribution in [2.24, 2.45) is 4.99 Å². The van der Waals surface area contributed by atoms with Crippen LogP contribution in [0.25, 0.3) is 0 Å². The van der Waals surface area contributed by atoms with Crippen molar-refractivity contribution in [3.63, 3.8) is 0 Å². The third-order valence-electron chi connectivity index (χ3n) is 1.96. The minimum absolute atomic E-state index is 0.464. The molecule has 1 rings (SSSR count). The molecule has 3 nitrogen and oxygen atoms in total. The smallest absolute Gasteiger partial charge is 0.113 e. The Hall–Kier alpha value is -0.390. The van der Waals surface area contributed by atoms with Crippen molar-refractivity contribution in [1.82, 2.24) is 5.48 Å². The molecule has 5 heteroatoms. The van der Waals surface area contributed by atoms with Gasteiger partial charge in [0.25, 0.3) is 0 Å². The summed E-state index contributed by atoms with van der Waals surface area (Å²) in [5.41, 5.74) is 3.85. The third kappa shape index (κ3) is 3.29. The highest BCUT2D eigenvalue weighted by atomic mass is 79.9. The highest BCUT2D eigenvalue weighted by Gasteiger charge is 2.08. The number of hydroxylamine groups is 1. The molecule has 0 saturated heterocycles. The summed E-state index contributed by atoms with van der Waals surface area (Å²) in [6, 6.07) is 4.05. The molecule has 82 valence electrons. The average Bonchev–Trinajstić information content (AvgIpc) is 2.16. The lowest BCUT2D eigenvalue weighted by molar-refractivity contribution is 0.240. The highest BCUT2D eigenvalue weighted by Crippen LogP contribution is 2.36. The van der Waals surface area contributed by atoms with Gasteiger partial charge in [0.05, 0.1) is 5.69 Å². The van der Waals surface area contributed by atoms with Crippen molar-refractivity contribution in [3.05, 3.63) is 26.6 Å². The van der Waals surface area contributed by atoms with Crippen LogP contribution >= 0.6 is 31.9 Å². The van der Waals surface area contributed by atoms with E-state index in [1.54, 1.807) is 0 Å². The van der Waals surface area contributed by atoms with Crippen molar-refractivity contribution >= 4 is 43.9 Å². The van der Waals surface area contributed by atoms with E-state index in [1.807, 2.05) is 17.6 Å². The van der Waals surface area contributed by atoms with Crippen LogP contribution in [0.15, 0.2) is 26.1 Å². The number of benzene rings is 1. The number of nitrogens with one attached hydrogen (secondary N) is 1. The Balaban J connectivity index is 3.15. The largest absolute Gasteiger partial charge is 0.290 e. The van der Waals surface area contributed by atoms with Gasteiger partial charge in [0.15, 0.2) is 0 Å². The predicted octanol–water partition coefficient (Wildman–Crippen LogP) is 3.97. The van der Waals surface area contributed by atoms with E-state index >= 15 is 0 Å². The summed E-state index contributed by atoms with van der Waals surface area (Å²) in [6.45, 7) is 4.26. The number of aliphatic imine (C=N–C) groups is 1. The molecule has 0 amide bonds. The van der Waals surface area contributed by atoms with Crippen molar-refractivity contribution < 1.29 is 5.21 Å². The van der Waals surface area contributed by atoms with Crippen molar-refractivity contribution in [2.45, 2.75) is 19.8 Å². The Morgan fingerprint density at radius 1 is 1.33 bits per heavy atom. The second-order valence-electron chi connectivity index (χ2n) is 3.38. The molecule has 0 bridgehead atoms. The highest BCUT2D eigenvalue weighted by molar-refractivity contribution is 9.11. The Kier molecular flexibility index (Phi) is 4.76. The lowest BCUT2D eigenvalue weighted by atomic mass is 10.0. The molecule has 1 aromatic rings. The molecule has 0 saturated carbocycles. The summed E-state index contributed by atoms with van der Waals surface area (Å²) >= 11 is 6.89. The molecular formula is C10H12Br2N2O. The molecule has 15 heavy (non-hydrogen) atoms.